The van der Waals surface area contributed by atoms with Crippen LogP contribution in [0.2, 0.25) is 0 Å². The Morgan fingerprint density at radius 2 is 1.77 bits per heavy atom. The molecule has 0 amide bonds. The molecule has 2 heterocycles. The molecule has 7 nitrogen and oxygen atoms in total. The Kier molecular flexibility index (Phi) is 6.87. The number of carbonyl (C=O) groups is 2. The largest absolute Gasteiger partial charge is 0.491 e. The number of carbonyl (C=O) groups excluding carboxylic acids is 2. The Morgan fingerprint density at radius 3 is 2.50 bits per heavy atom. The van der Waals surface area contributed by atoms with Crippen molar-refractivity contribution in [2.45, 2.75) is 46.1 Å². The van der Waals surface area contributed by atoms with E-state index in [1.807, 2.05) is 43.0 Å². The molecular formula is C30H25F3N2O5. The van der Waals surface area contributed by atoms with Crippen molar-refractivity contribution >= 4 is 34.5 Å². The molecule has 40 heavy (non-hydrogen) atoms. The smallest absolute Gasteiger partial charge is 0.440 e. The number of rotatable bonds is 5. The topological polar surface area (TPSA) is 88.8 Å². The zero-order valence-corrected chi connectivity index (χ0v) is 21.9. The number of benzene rings is 3. The van der Waals surface area contributed by atoms with Gasteiger partial charge >= 0.3 is 18.1 Å². The van der Waals surface area contributed by atoms with Crippen molar-refractivity contribution in [1.29, 1.82) is 0 Å². The molecule has 3 aromatic carbocycles. The zero-order valence-electron chi connectivity index (χ0n) is 21.9. The lowest BCUT2D eigenvalue weighted by Gasteiger charge is -2.21. The first-order chi connectivity index (χ1) is 18.9. The van der Waals surface area contributed by atoms with Gasteiger partial charge in [-0.2, -0.15) is 13.2 Å². The van der Waals surface area contributed by atoms with Crippen molar-refractivity contribution < 1.29 is 31.9 Å². The van der Waals surface area contributed by atoms with Crippen molar-refractivity contribution in [2.24, 2.45) is 0 Å². The SMILES string of the molecule is Cc1cc(C(C)Nc2ccccc2C(=O)OC(=O)C(F)(F)F)c2oc(N3Cc4cccc(C)c4C3)cc(=O)c2c1. The molecule has 1 aliphatic heterocycles. The summed E-state index contributed by atoms with van der Waals surface area (Å²) < 4.78 is 48.3. The van der Waals surface area contributed by atoms with Crippen molar-refractivity contribution in [1.82, 2.24) is 0 Å². The average Bonchev–Trinajstić information content (AvgIpc) is 3.34. The number of halogens is 3. The minimum absolute atomic E-state index is 0.147. The number of aryl methyl sites for hydroxylation is 2. The van der Waals surface area contributed by atoms with Gasteiger partial charge in [0.2, 0.25) is 5.88 Å². The van der Waals surface area contributed by atoms with Crippen molar-refractivity contribution in [3.8, 4) is 0 Å². The summed E-state index contributed by atoms with van der Waals surface area (Å²) in [6.07, 6.45) is -5.31. The molecule has 0 radical (unpaired) electrons. The van der Waals surface area contributed by atoms with Gasteiger partial charge in [0.25, 0.3) is 0 Å². The molecule has 1 aliphatic rings. The lowest BCUT2D eigenvalue weighted by atomic mass is 10.0. The summed E-state index contributed by atoms with van der Waals surface area (Å²) >= 11 is 0. The molecule has 0 spiro atoms. The molecule has 1 atom stereocenters. The molecule has 206 valence electrons. The Morgan fingerprint density at radius 1 is 1.02 bits per heavy atom. The van der Waals surface area contributed by atoms with E-state index in [4.69, 9.17) is 4.42 Å². The molecule has 1 N–H and O–H groups in total. The number of nitrogens with one attached hydrogen (secondary N) is 1. The van der Waals surface area contributed by atoms with Gasteiger partial charge in [0, 0.05) is 30.4 Å². The van der Waals surface area contributed by atoms with E-state index in [2.05, 4.69) is 10.1 Å². The van der Waals surface area contributed by atoms with Crippen LogP contribution in [0.4, 0.5) is 24.7 Å². The maximum atomic E-state index is 13.2. The van der Waals surface area contributed by atoms with E-state index in [-0.39, 0.29) is 16.7 Å². The number of esters is 2. The Balaban J connectivity index is 1.49. The third kappa shape index (κ3) is 5.16. The first-order valence-electron chi connectivity index (χ1n) is 12.5. The van der Waals surface area contributed by atoms with Crippen LogP contribution in [0, 0.1) is 13.8 Å². The van der Waals surface area contributed by atoms with Gasteiger partial charge in [-0.3, -0.25) is 4.79 Å². The van der Waals surface area contributed by atoms with E-state index in [1.54, 1.807) is 19.1 Å². The zero-order chi connectivity index (χ0) is 28.8. The second kappa shape index (κ2) is 10.2. The molecule has 0 bridgehead atoms. The van der Waals surface area contributed by atoms with Crippen LogP contribution in [0.5, 0.6) is 0 Å². The molecule has 0 fully saturated rings. The quantitative estimate of drug-likeness (QED) is 0.229. The second-order valence-electron chi connectivity index (χ2n) is 9.83. The monoisotopic (exact) mass is 550 g/mol. The minimum Gasteiger partial charge on any atom is -0.440 e. The van der Waals surface area contributed by atoms with E-state index in [0.717, 1.165) is 16.7 Å². The normalized spacial score (nSPS) is 13.7. The van der Waals surface area contributed by atoms with E-state index in [0.29, 0.717) is 35.5 Å². The van der Waals surface area contributed by atoms with Gasteiger partial charge < -0.3 is 19.4 Å². The molecule has 0 aliphatic carbocycles. The highest BCUT2D eigenvalue weighted by Gasteiger charge is 2.42. The molecular weight excluding hydrogens is 525 g/mol. The van der Waals surface area contributed by atoms with Gasteiger partial charge in [-0.25, -0.2) is 9.59 Å². The van der Waals surface area contributed by atoms with Crippen LogP contribution >= 0.6 is 0 Å². The first-order valence-corrected chi connectivity index (χ1v) is 12.5. The van der Waals surface area contributed by atoms with Crippen LogP contribution in [0.25, 0.3) is 11.0 Å². The summed E-state index contributed by atoms with van der Waals surface area (Å²) in [7, 11) is 0. The van der Waals surface area contributed by atoms with Gasteiger partial charge in [0.05, 0.1) is 17.0 Å². The predicted molar refractivity (Wildman–Crippen MR) is 143 cm³/mol. The third-order valence-corrected chi connectivity index (χ3v) is 6.92. The van der Waals surface area contributed by atoms with Gasteiger partial charge in [-0.15, -0.1) is 0 Å². The fourth-order valence-electron chi connectivity index (χ4n) is 4.94. The standard InChI is InChI=1S/C30H25F3N2O5/c1-16-11-21(18(3)34-24-10-5-4-9-20(24)28(37)40-29(38)30(31,32)33)27-22(12-16)25(36)13-26(39-27)35-14-19-8-6-7-17(2)23(19)15-35/h4-13,18,34H,14-15H2,1-3H3. The summed E-state index contributed by atoms with van der Waals surface area (Å²) in [6, 6.07) is 16.3. The number of ether oxygens (including phenoxy) is 1. The van der Waals surface area contributed by atoms with Crippen molar-refractivity contribution in [3.05, 3.63) is 104 Å². The van der Waals surface area contributed by atoms with Crippen LogP contribution in [-0.2, 0) is 22.6 Å². The van der Waals surface area contributed by atoms with E-state index in [9.17, 15) is 27.6 Å². The Hall–Kier alpha value is -4.60. The summed E-state index contributed by atoms with van der Waals surface area (Å²) in [6.45, 7) is 6.82. The molecule has 1 unspecified atom stereocenters. The highest BCUT2D eigenvalue weighted by Crippen LogP contribution is 2.34. The number of hydrogen-bond donors (Lipinski definition) is 1. The minimum atomic E-state index is -5.31. The average molecular weight is 551 g/mol. The summed E-state index contributed by atoms with van der Waals surface area (Å²) in [4.78, 5) is 38.8. The van der Waals surface area contributed by atoms with Crippen LogP contribution in [-0.4, -0.2) is 18.1 Å². The highest BCUT2D eigenvalue weighted by atomic mass is 19.4. The first kappa shape index (κ1) is 27.0. The Labute approximate surface area is 227 Å². The molecule has 0 saturated heterocycles. The van der Waals surface area contributed by atoms with Gasteiger partial charge in [0.1, 0.15) is 5.58 Å². The lowest BCUT2D eigenvalue weighted by molar-refractivity contribution is -0.193. The van der Waals surface area contributed by atoms with Gasteiger partial charge in [-0.1, -0.05) is 36.4 Å². The number of alkyl halides is 3. The number of nitrogens with zero attached hydrogens (tertiary/aromatic N) is 1. The second-order valence-corrected chi connectivity index (χ2v) is 9.83. The van der Waals surface area contributed by atoms with Gasteiger partial charge in [-0.05, 0) is 61.2 Å². The summed E-state index contributed by atoms with van der Waals surface area (Å²) in [5, 5.41) is 3.48. The number of fused-ring (bicyclic) bond motifs is 2. The molecule has 10 heteroatoms. The van der Waals surface area contributed by atoms with Gasteiger partial charge in [0.15, 0.2) is 5.43 Å². The summed E-state index contributed by atoms with van der Waals surface area (Å²) in [5.74, 6) is -3.62. The van der Waals surface area contributed by atoms with Crippen LogP contribution in [0.15, 0.2) is 69.9 Å². The highest BCUT2D eigenvalue weighted by molar-refractivity contribution is 6.02. The lowest BCUT2D eigenvalue weighted by Crippen LogP contribution is -2.28. The fourth-order valence-corrected chi connectivity index (χ4v) is 4.94. The number of anilines is 2. The van der Waals surface area contributed by atoms with E-state index >= 15 is 0 Å². The van der Waals surface area contributed by atoms with Crippen LogP contribution in [0.1, 0.15) is 51.1 Å². The van der Waals surface area contributed by atoms with Crippen LogP contribution < -0.4 is 15.6 Å². The summed E-state index contributed by atoms with van der Waals surface area (Å²) in [5.41, 5.74) is 4.95. The molecule has 0 saturated carbocycles. The van der Waals surface area contributed by atoms with Crippen LogP contribution in [0.3, 0.4) is 0 Å². The fraction of sp³-hybridized carbons (Fsp3) is 0.233. The molecule has 5 rings (SSSR count). The molecule has 4 aromatic rings. The number of hydrogen-bond acceptors (Lipinski definition) is 7. The van der Waals surface area contributed by atoms with Crippen molar-refractivity contribution in [3.63, 3.8) is 0 Å². The maximum Gasteiger partial charge on any atom is 0.491 e. The number of para-hydroxylation sites is 1. The van der Waals surface area contributed by atoms with E-state index in [1.165, 1.54) is 29.8 Å². The predicted octanol–water partition coefficient (Wildman–Crippen LogP) is 6.35. The molecule has 1 aromatic heterocycles. The van der Waals surface area contributed by atoms with E-state index < -0.39 is 24.2 Å². The third-order valence-electron chi connectivity index (χ3n) is 6.92. The maximum absolute atomic E-state index is 13.2. The van der Waals surface area contributed by atoms with Crippen molar-refractivity contribution in [2.75, 3.05) is 10.2 Å². The Bertz CT molecular complexity index is 1710.